The molecule has 0 unspecified atom stereocenters. The smallest absolute Gasteiger partial charge is 0.126 e. The molecule has 2 aromatic rings. The summed E-state index contributed by atoms with van der Waals surface area (Å²) in [5, 5.41) is 0. The van der Waals surface area contributed by atoms with Crippen molar-refractivity contribution in [3.05, 3.63) is 42.2 Å². The fraction of sp³-hybridized carbons (Fsp3) is 0.214. The molecule has 0 atom stereocenters. The summed E-state index contributed by atoms with van der Waals surface area (Å²) in [4.78, 5) is 4.11. The van der Waals surface area contributed by atoms with Crippen LogP contribution in [0, 0.1) is 6.92 Å². The average Bonchev–Trinajstić information content (AvgIpc) is 2.40. The van der Waals surface area contributed by atoms with Crippen molar-refractivity contribution >= 4 is 0 Å². The van der Waals surface area contributed by atoms with Gasteiger partial charge in [-0.15, -0.1) is 0 Å². The Bertz CT molecular complexity index is 484. The number of ether oxygens (including phenoxy) is 2. The van der Waals surface area contributed by atoms with E-state index in [1.165, 1.54) is 0 Å². The van der Waals surface area contributed by atoms with Crippen molar-refractivity contribution < 1.29 is 9.47 Å². The lowest BCUT2D eigenvalue weighted by Crippen LogP contribution is -1.93. The van der Waals surface area contributed by atoms with E-state index in [0.717, 1.165) is 28.2 Å². The standard InChI is InChI=1S/C14H15NO2/c1-10-13(16-2)7-12(8-14(10)17-3)11-5-4-6-15-9-11/h4-9H,1-3H3. The molecule has 0 aliphatic rings. The maximum Gasteiger partial charge on any atom is 0.126 e. The van der Waals surface area contributed by atoms with E-state index < -0.39 is 0 Å². The first-order chi connectivity index (χ1) is 8.26. The fourth-order valence-corrected chi connectivity index (χ4v) is 1.79. The van der Waals surface area contributed by atoms with Crippen molar-refractivity contribution in [3.63, 3.8) is 0 Å². The Kier molecular flexibility index (Phi) is 3.28. The van der Waals surface area contributed by atoms with Gasteiger partial charge >= 0.3 is 0 Å². The Hall–Kier alpha value is -2.03. The highest BCUT2D eigenvalue weighted by atomic mass is 16.5. The van der Waals surface area contributed by atoms with Gasteiger partial charge in [-0.2, -0.15) is 0 Å². The molecule has 88 valence electrons. The molecule has 0 amide bonds. The summed E-state index contributed by atoms with van der Waals surface area (Å²) >= 11 is 0. The summed E-state index contributed by atoms with van der Waals surface area (Å²) in [5.74, 6) is 1.64. The molecule has 3 heteroatoms. The highest BCUT2D eigenvalue weighted by Gasteiger charge is 2.09. The second-order valence-electron chi connectivity index (χ2n) is 3.75. The molecule has 0 bridgehead atoms. The Balaban J connectivity index is 2.56. The van der Waals surface area contributed by atoms with Gasteiger partial charge in [0.2, 0.25) is 0 Å². The summed E-state index contributed by atoms with van der Waals surface area (Å²) in [6.45, 7) is 1.98. The number of hydrogen-bond donors (Lipinski definition) is 0. The quantitative estimate of drug-likeness (QED) is 0.810. The van der Waals surface area contributed by atoms with Gasteiger partial charge in [0.15, 0.2) is 0 Å². The van der Waals surface area contributed by atoms with Crippen LogP contribution in [0.1, 0.15) is 5.56 Å². The Morgan fingerprint density at radius 1 is 1.00 bits per heavy atom. The van der Waals surface area contributed by atoms with E-state index in [4.69, 9.17) is 9.47 Å². The maximum atomic E-state index is 5.35. The number of rotatable bonds is 3. The van der Waals surface area contributed by atoms with Gasteiger partial charge in [-0.05, 0) is 30.7 Å². The summed E-state index contributed by atoms with van der Waals surface area (Å²) < 4.78 is 10.7. The lowest BCUT2D eigenvalue weighted by molar-refractivity contribution is 0.389. The number of benzene rings is 1. The van der Waals surface area contributed by atoms with Crippen molar-refractivity contribution in [2.75, 3.05) is 14.2 Å². The number of aromatic nitrogens is 1. The SMILES string of the molecule is COc1cc(-c2cccnc2)cc(OC)c1C. The highest BCUT2D eigenvalue weighted by molar-refractivity contribution is 5.68. The first-order valence-corrected chi connectivity index (χ1v) is 5.39. The van der Waals surface area contributed by atoms with Crippen LogP contribution in [0.25, 0.3) is 11.1 Å². The monoisotopic (exact) mass is 229 g/mol. The molecule has 0 aliphatic carbocycles. The predicted molar refractivity (Wildman–Crippen MR) is 67.5 cm³/mol. The van der Waals surface area contributed by atoms with Crippen LogP contribution in [-0.4, -0.2) is 19.2 Å². The minimum Gasteiger partial charge on any atom is -0.496 e. The molecule has 2 rings (SSSR count). The van der Waals surface area contributed by atoms with Gasteiger partial charge in [0.05, 0.1) is 14.2 Å². The zero-order valence-corrected chi connectivity index (χ0v) is 10.2. The summed E-state index contributed by atoms with van der Waals surface area (Å²) in [7, 11) is 3.32. The van der Waals surface area contributed by atoms with E-state index in [0.29, 0.717) is 0 Å². The zero-order valence-electron chi connectivity index (χ0n) is 10.2. The summed E-state index contributed by atoms with van der Waals surface area (Å²) in [6.07, 6.45) is 3.58. The number of hydrogen-bond acceptors (Lipinski definition) is 3. The highest BCUT2D eigenvalue weighted by Crippen LogP contribution is 2.33. The molecule has 1 aromatic carbocycles. The first kappa shape index (κ1) is 11.5. The van der Waals surface area contributed by atoms with E-state index in [1.54, 1.807) is 20.4 Å². The Labute approximate surface area is 101 Å². The van der Waals surface area contributed by atoms with Crippen molar-refractivity contribution in [1.29, 1.82) is 0 Å². The van der Waals surface area contributed by atoms with Crippen molar-refractivity contribution in [3.8, 4) is 22.6 Å². The average molecular weight is 229 g/mol. The third kappa shape index (κ3) is 2.23. The predicted octanol–water partition coefficient (Wildman–Crippen LogP) is 3.07. The largest absolute Gasteiger partial charge is 0.496 e. The fourth-order valence-electron chi connectivity index (χ4n) is 1.79. The molecule has 0 fully saturated rings. The number of pyridine rings is 1. The molecule has 1 aromatic heterocycles. The zero-order chi connectivity index (χ0) is 12.3. The summed E-state index contributed by atoms with van der Waals surface area (Å²) in [5.41, 5.74) is 3.09. The van der Waals surface area contributed by atoms with Crippen LogP contribution in [0.3, 0.4) is 0 Å². The molecule has 17 heavy (non-hydrogen) atoms. The molecule has 0 N–H and O–H groups in total. The van der Waals surface area contributed by atoms with Crippen LogP contribution >= 0.6 is 0 Å². The van der Waals surface area contributed by atoms with Crippen LogP contribution in [0.15, 0.2) is 36.7 Å². The van der Waals surface area contributed by atoms with Gasteiger partial charge in [-0.3, -0.25) is 4.98 Å². The lowest BCUT2D eigenvalue weighted by Gasteiger charge is -2.12. The molecule has 3 nitrogen and oxygen atoms in total. The Morgan fingerprint density at radius 3 is 2.12 bits per heavy atom. The minimum atomic E-state index is 0.822. The molecule has 0 spiro atoms. The van der Waals surface area contributed by atoms with Crippen LogP contribution in [-0.2, 0) is 0 Å². The van der Waals surface area contributed by atoms with Crippen molar-refractivity contribution in [2.45, 2.75) is 6.92 Å². The van der Waals surface area contributed by atoms with Gasteiger partial charge in [-0.25, -0.2) is 0 Å². The van der Waals surface area contributed by atoms with Crippen molar-refractivity contribution in [2.24, 2.45) is 0 Å². The van der Waals surface area contributed by atoms with E-state index >= 15 is 0 Å². The molecule has 0 saturated carbocycles. The normalized spacial score (nSPS) is 10.1. The third-order valence-electron chi connectivity index (χ3n) is 2.75. The number of methoxy groups -OCH3 is 2. The van der Waals surface area contributed by atoms with Gasteiger partial charge in [0.1, 0.15) is 11.5 Å². The second kappa shape index (κ2) is 4.87. The lowest BCUT2D eigenvalue weighted by atomic mass is 10.0. The van der Waals surface area contributed by atoms with E-state index in [1.807, 2.05) is 37.4 Å². The summed E-state index contributed by atoms with van der Waals surface area (Å²) in [6, 6.07) is 7.91. The number of nitrogens with zero attached hydrogens (tertiary/aromatic N) is 1. The van der Waals surface area contributed by atoms with Crippen LogP contribution in [0.2, 0.25) is 0 Å². The molecule has 0 saturated heterocycles. The van der Waals surface area contributed by atoms with Crippen LogP contribution in [0.4, 0.5) is 0 Å². The van der Waals surface area contributed by atoms with Gasteiger partial charge in [0, 0.05) is 23.5 Å². The van der Waals surface area contributed by atoms with Gasteiger partial charge in [0.25, 0.3) is 0 Å². The molecule has 0 aliphatic heterocycles. The van der Waals surface area contributed by atoms with E-state index in [2.05, 4.69) is 4.98 Å². The van der Waals surface area contributed by atoms with Gasteiger partial charge < -0.3 is 9.47 Å². The van der Waals surface area contributed by atoms with E-state index in [-0.39, 0.29) is 0 Å². The third-order valence-corrected chi connectivity index (χ3v) is 2.75. The van der Waals surface area contributed by atoms with Crippen LogP contribution < -0.4 is 9.47 Å². The van der Waals surface area contributed by atoms with E-state index in [9.17, 15) is 0 Å². The topological polar surface area (TPSA) is 31.4 Å². The van der Waals surface area contributed by atoms with Crippen LogP contribution in [0.5, 0.6) is 11.5 Å². The maximum absolute atomic E-state index is 5.35. The second-order valence-corrected chi connectivity index (χ2v) is 3.75. The molecular formula is C14H15NO2. The van der Waals surface area contributed by atoms with Crippen molar-refractivity contribution in [1.82, 2.24) is 4.98 Å². The molecule has 0 radical (unpaired) electrons. The van der Waals surface area contributed by atoms with Gasteiger partial charge in [-0.1, -0.05) is 6.07 Å². The molecular weight excluding hydrogens is 214 g/mol. The minimum absolute atomic E-state index is 0.822. The molecule has 1 heterocycles. The Morgan fingerprint density at radius 2 is 1.65 bits per heavy atom. The first-order valence-electron chi connectivity index (χ1n) is 5.39.